The van der Waals surface area contributed by atoms with Gasteiger partial charge in [0, 0.05) is 47.4 Å². The molecule has 67 heavy (non-hydrogen) atoms. The Balaban J connectivity index is 0.000000355. The van der Waals surface area contributed by atoms with Gasteiger partial charge in [0.05, 0.1) is 0 Å². The quantitative estimate of drug-likeness (QED) is 0.0114. The molecular weight excluding hydrogens is 916 g/mol. The van der Waals surface area contributed by atoms with Crippen molar-refractivity contribution in [3.05, 3.63) is 73.3 Å². The maximum absolute atomic E-state index is 12.1. The number of aromatic nitrogens is 4. The van der Waals surface area contributed by atoms with E-state index in [0.717, 1.165) is 44.1 Å². The van der Waals surface area contributed by atoms with Crippen molar-refractivity contribution in [1.29, 1.82) is 0 Å². The maximum Gasteiger partial charge on any atom is 0.329 e. The van der Waals surface area contributed by atoms with Crippen LogP contribution in [0, 0.1) is 11.8 Å². The van der Waals surface area contributed by atoms with Crippen molar-refractivity contribution in [2.24, 2.45) is 11.8 Å². The number of alkyl halides is 2. The van der Waals surface area contributed by atoms with E-state index in [4.69, 9.17) is 32.7 Å². The van der Waals surface area contributed by atoms with Gasteiger partial charge in [0.1, 0.15) is 22.3 Å². The monoisotopic (exact) mass is 994 g/mol. The average Bonchev–Trinajstić information content (AvgIpc) is 3.32. The number of hydrogen-bond acceptors (Lipinski definition) is 10. The molecule has 0 aliphatic rings. The highest BCUT2D eigenvalue weighted by Crippen LogP contribution is 2.26. The van der Waals surface area contributed by atoms with Crippen LogP contribution in [0.5, 0.6) is 11.5 Å². The Morgan fingerprint density at radius 2 is 0.731 bits per heavy atom. The molecule has 0 N–H and O–H groups in total. The van der Waals surface area contributed by atoms with Crippen LogP contribution in [0.3, 0.4) is 0 Å². The van der Waals surface area contributed by atoms with Crippen LogP contribution in [-0.2, 0) is 9.59 Å². The molecular formula is C55H80Cl2N4O4S2. The van der Waals surface area contributed by atoms with Crippen molar-refractivity contribution < 1.29 is 19.1 Å². The van der Waals surface area contributed by atoms with Gasteiger partial charge < -0.3 is 9.47 Å². The Morgan fingerprint density at radius 1 is 0.448 bits per heavy atom. The molecule has 2 aromatic carbocycles. The van der Waals surface area contributed by atoms with E-state index in [1.54, 1.807) is 47.8 Å². The molecule has 0 bridgehead atoms. The lowest BCUT2D eigenvalue weighted by atomic mass is 10.1. The lowest BCUT2D eigenvalue weighted by Gasteiger charge is -2.11. The molecule has 8 nitrogen and oxygen atoms in total. The van der Waals surface area contributed by atoms with Crippen molar-refractivity contribution in [2.75, 3.05) is 11.5 Å². The first kappa shape index (κ1) is 58.1. The smallest absolute Gasteiger partial charge is 0.329 e. The van der Waals surface area contributed by atoms with Crippen LogP contribution in [0.25, 0.3) is 22.3 Å². The Morgan fingerprint density at radius 3 is 1.01 bits per heavy atom. The predicted molar refractivity (Wildman–Crippen MR) is 285 cm³/mol. The average molecular weight is 996 g/mol. The molecule has 2 atom stereocenters. The zero-order valence-corrected chi connectivity index (χ0v) is 44.6. The van der Waals surface area contributed by atoms with Gasteiger partial charge in [0.25, 0.3) is 0 Å². The summed E-state index contributed by atoms with van der Waals surface area (Å²) in [6.45, 7) is 12.6. The van der Waals surface area contributed by atoms with Crippen LogP contribution in [0.1, 0.15) is 176 Å². The number of rotatable bonds is 33. The van der Waals surface area contributed by atoms with Crippen molar-refractivity contribution in [2.45, 2.75) is 197 Å². The first-order valence-corrected chi connectivity index (χ1v) is 28.1. The van der Waals surface area contributed by atoms with E-state index in [1.807, 2.05) is 76.7 Å². The van der Waals surface area contributed by atoms with Gasteiger partial charge in [-0.2, -0.15) is 0 Å². The highest BCUT2D eigenvalue weighted by molar-refractivity contribution is 7.99. The minimum Gasteiger partial charge on any atom is -0.425 e. The second kappa shape index (κ2) is 35.9. The third kappa shape index (κ3) is 26.4. The predicted octanol–water partition coefficient (Wildman–Crippen LogP) is 17.0. The Hall–Kier alpha value is -3.18. The molecule has 2 heterocycles. The second-order valence-corrected chi connectivity index (χ2v) is 21.5. The van der Waals surface area contributed by atoms with E-state index in [9.17, 15) is 9.59 Å². The fourth-order valence-corrected chi connectivity index (χ4v) is 9.59. The van der Waals surface area contributed by atoms with Gasteiger partial charge in [-0.3, -0.25) is 9.59 Å². The highest BCUT2D eigenvalue weighted by atomic mass is 35.5. The molecule has 0 radical (unpaired) electrons. The van der Waals surface area contributed by atoms with Crippen molar-refractivity contribution >= 4 is 58.7 Å². The van der Waals surface area contributed by atoms with Crippen LogP contribution in [0.2, 0.25) is 0 Å². The van der Waals surface area contributed by atoms with Crippen molar-refractivity contribution in [3.8, 4) is 33.8 Å². The topological polar surface area (TPSA) is 104 Å². The normalized spacial score (nSPS) is 12.1. The number of benzene rings is 2. The molecule has 0 fully saturated rings. The maximum atomic E-state index is 12.1. The number of nitrogens with zero attached hydrogens (tertiary/aromatic N) is 4. The number of hydrogen-bond donors (Lipinski definition) is 0. The van der Waals surface area contributed by atoms with Crippen LogP contribution in [-0.4, -0.2) is 54.1 Å². The van der Waals surface area contributed by atoms with E-state index >= 15 is 0 Å². The summed E-state index contributed by atoms with van der Waals surface area (Å²) < 4.78 is 10.8. The largest absolute Gasteiger partial charge is 0.425 e. The van der Waals surface area contributed by atoms with Gasteiger partial charge in [-0.05, 0) is 72.9 Å². The highest BCUT2D eigenvalue weighted by Gasteiger charge is 2.20. The molecule has 12 heteroatoms. The fourth-order valence-electron chi connectivity index (χ4n) is 7.22. The fraction of sp³-hybridized carbons (Fsp3) is 0.600. The van der Waals surface area contributed by atoms with Gasteiger partial charge in [-0.1, -0.05) is 198 Å². The standard InChI is InChI=1S/C28H41ClN2O2S.C27H39ClN2O2S/c1-4-5-6-7-8-9-10-11-12-13-18-34-28-30-20-24(21-31-28)23-14-16-25(17-15-23)33-27(32)26(29)19-22(2)3;1-4-5-6-7-8-9-10-11-12-17-33-27-29-19-23(20-30-27)22-13-15-24(16-14-22)32-26(31)25(28)18-21(2)3/h14-17,20-22,26H,4-13,18-19H2,1-3H3;13-16,19-21,25H,4-12,17-18H2,1-3H3/t26-;25-/m00/s1. The van der Waals surface area contributed by atoms with Gasteiger partial charge >= 0.3 is 11.9 Å². The number of halogens is 2. The molecule has 0 saturated heterocycles. The van der Waals surface area contributed by atoms with E-state index in [1.165, 1.54) is 122 Å². The molecule has 2 aromatic heterocycles. The number of carbonyl (C=O) groups is 2. The summed E-state index contributed by atoms with van der Waals surface area (Å²) in [5.74, 6) is 2.98. The number of esters is 2. The number of carbonyl (C=O) groups excluding carboxylic acids is 2. The lowest BCUT2D eigenvalue weighted by molar-refractivity contribution is -0.135. The minimum atomic E-state index is -0.626. The lowest BCUT2D eigenvalue weighted by Crippen LogP contribution is -2.22. The van der Waals surface area contributed by atoms with Crippen molar-refractivity contribution in [3.63, 3.8) is 0 Å². The molecule has 0 amide bonds. The number of ether oxygens (including phenoxy) is 2. The van der Waals surface area contributed by atoms with Crippen molar-refractivity contribution in [1.82, 2.24) is 19.9 Å². The molecule has 0 unspecified atom stereocenters. The molecule has 4 aromatic rings. The summed E-state index contributed by atoms with van der Waals surface area (Å²) in [6, 6.07) is 14.7. The van der Waals surface area contributed by atoms with Crippen LogP contribution in [0.4, 0.5) is 0 Å². The second-order valence-electron chi connectivity index (χ2n) is 18.3. The molecule has 370 valence electrons. The van der Waals surface area contributed by atoms with Gasteiger partial charge in [-0.25, -0.2) is 19.9 Å². The molecule has 0 spiro atoms. The molecule has 0 saturated carbocycles. The Bertz CT molecular complexity index is 1880. The third-order valence-electron chi connectivity index (χ3n) is 11.1. The number of unbranched alkanes of at least 4 members (excludes halogenated alkanes) is 17. The Kier molecular flexibility index (Phi) is 31.1. The van der Waals surface area contributed by atoms with E-state index in [-0.39, 0.29) is 0 Å². The van der Waals surface area contributed by atoms with E-state index in [0.29, 0.717) is 36.2 Å². The first-order valence-electron chi connectivity index (χ1n) is 25.3. The van der Waals surface area contributed by atoms with Crippen LogP contribution in [0.15, 0.2) is 83.6 Å². The Labute approximate surface area is 423 Å². The summed E-state index contributed by atoms with van der Waals surface area (Å²) >= 11 is 15.7. The van der Waals surface area contributed by atoms with E-state index in [2.05, 4.69) is 33.8 Å². The van der Waals surface area contributed by atoms with Crippen LogP contribution < -0.4 is 9.47 Å². The van der Waals surface area contributed by atoms with Gasteiger partial charge in [0.2, 0.25) is 0 Å². The first-order chi connectivity index (χ1) is 32.5. The summed E-state index contributed by atoms with van der Waals surface area (Å²) in [7, 11) is 0. The van der Waals surface area contributed by atoms with Crippen LogP contribution >= 0.6 is 46.7 Å². The zero-order valence-electron chi connectivity index (χ0n) is 41.5. The summed E-state index contributed by atoms with van der Waals surface area (Å²) in [5.41, 5.74) is 3.84. The molecule has 0 aliphatic carbocycles. The summed E-state index contributed by atoms with van der Waals surface area (Å²) in [6.07, 6.45) is 34.2. The number of thioether (sulfide) groups is 2. The van der Waals surface area contributed by atoms with Gasteiger partial charge in [0.15, 0.2) is 10.3 Å². The van der Waals surface area contributed by atoms with E-state index < -0.39 is 22.7 Å². The summed E-state index contributed by atoms with van der Waals surface area (Å²) in [4.78, 5) is 42.2. The molecule has 4 rings (SSSR count). The van der Waals surface area contributed by atoms with Gasteiger partial charge in [-0.15, -0.1) is 23.2 Å². The minimum absolute atomic E-state index is 0.341. The summed E-state index contributed by atoms with van der Waals surface area (Å²) in [5, 5.41) is 0.391. The third-order valence-corrected chi connectivity index (χ3v) is 13.8. The SMILES string of the molecule is CCCCCCCCCCCCSc1ncc(-c2ccc(OC(=O)[C@@H](Cl)CC(C)C)cc2)cn1.CCCCCCCCCCCSc1ncc(-c2ccc(OC(=O)[C@@H](Cl)CC(C)C)cc2)cn1. The molecule has 0 aliphatic heterocycles. The zero-order chi connectivity index (χ0) is 48.5.